The zero-order valence-corrected chi connectivity index (χ0v) is 13.8. The fourth-order valence-electron chi connectivity index (χ4n) is 3.26. The number of aromatic nitrogens is 2. The summed E-state index contributed by atoms with van der Waals surface area (Å²) in [5.74, 6) is 0.753. The third kappa shape index (κ3) is 4.10. The molecule has 3 heterocycles. The van der Waals surface area contributed by atoms with Crippen LogP contribution in [0.3, 0.4) is 0 Å². The SMILES string of the molecule is CCN1CCN(C(=O)N[C@@H]2CCCN(c3ncccn3)C2)CC1. The number of carbonyl (C=O) groups is 1. The molecule has 2 fully saturated rings. The summed E-state index contributed by atoms with van der Waals surface area (Å²) in [6.45, 7) is 8.53. The maximum atomic E-state index is 12.5. The first-order valence-corrected chi connectivity index (χ1v) is 8.56. The highest BCUT2D eigenvalue weighted by atomic mass is 16.2. The normalized spacial score (nSPS) is 22.9. The topological polar surface area (TPSA) is 64.6 Å². The molecule has 23 heavy (non-hydrogen) atoms. The van der Waals surface area contributed by atoms with Crippen molar-refractivity contribution in [2.75, 3.05) is 50.7 Å². The van der Waals surface area contributed by atoms with Gasteiger partial charge in [0.25, 0.3) is 0 Å². The van der Waals surface area contributed by atoms with Gasteiger partial charge in [-0.1, -0.05) is 6.92 Å². The van der Waals surface area contributed by atoms with Crippen LogP contribution in [0.25, 0.3) is 0 Å². The second-order valence-electron chi connectivity index (χ2n) is 6.20. The van der Waals surface area contributed by atoms with Crippen molar-refractivity contribution in [3.05, 3.63) is 18.5 Å². The van der Waals surface area contributed by atoms with Crippen molar-refractivity contribution in [2.45, 2.75) is 25.8 Å². The zero-order chi connectivity index (χ0) is 16.1. The Hall–Kier alpha value is -1.89. The van der Waals surface area contributed by atoms with Crippen LogP contribution in [0.15, 0.2) is 18.5 Å². The van der Waals surface area contributed by atoms with E-state index in [1.807, 2.05) is 11.0 Å². The Bertz CT molecular complexity index is 503. The highest BCUT2D eigenvalue weighted by Gasteiger charge is 2.26. The predicted octanol–water partition coefficient (Wildman–Crippen LogP) is 0.793. The van der Waals surface area contributed by atoms with E-state index in [1.165, 1.54) is 0 Å². The van der Waals surface area contributed by atoms with Crippen LogP contribution < -0.4 is 10.2 Å². The predicted molar refractivity (Wildman–Crippen MR) is 89.5 cm³/mol. The Morgan fingerprint density at radius 1 is 1.22 bits per heavy atom. The number of urea groups is 1. The van der Waals surface area contributed by atoms with E-state index in [9.17, 15) is 4.79 Å². The lowest BCUT2D eigenvalue weighted by Crippen LogP contribution is -2.56. The molecule has 2 aliphatic heterocycles. The number of hydrogen-bond donors (Lipinski definition) is 1. The van der Waals surface area contributed by atoms with E-state index in [2.05, 4.69) is 32.0 Å². The van der Waals surface area contributed by atoms with Crippen molar-refractivity contribution < 1.29 is 4.79 Å². The Morgan fingerprint density at radius 3 is 2.65 bits per heavy atom. The molecule has 1 aromatic rings. The number of piperidine rings is 1. The van der Waals surface area contributed by atoms with Gasteiger partial charge in [-0.2, -0.15) is 0 Å². The summed E-state index contributed by atoms with van der Waals surface area (Å²) in [6.07, 6.45) is 5.59. The fourth-order valence-corrected chi connectivity index (χ4v) is 3.26. The number of anilines is 1. The summed E-state index contributed by atoms with van der Waals surface area (Å²) in [4.78, 5) is 27.5. The number of hydrogen-bond acceptors (Lipinski definition) is 5. The minimum Gasteiger partial charge on any atom is -0.339 e. The molecule has 7 heteroatoms. The van der Waals surface area contributed by atoms with Crippen molar-refractivity contribution in [1.82, 2.24) is 25.1 Å². The fraction of sp³-hybridized carbons (Fsp3) is 0.688. The van der Waals surface area contributed by atoms with E-state index in [0.717, 1.165) is 64.6 Å². The number of rotatable bonds is 3. The monoisotopic (exact) mass is 318 g/mol. The van der Waals surface area contributed by atoms with Crippen molar-refractivity contribution in [3.63, 3.8) is 0 Å². The van der Waals surface area contributed by atoms with Crippen LogP contribution in [0.1, 0.15) is 19.8 Å². The Labute approximate surface area is 137 Å². The van der Waals surface area contributed by atoms with E-state index in [4.69, 9.17) is 0 Å². The largest absolute Gasteiger partial charge is 0.339 e. The summed E-state index contributed by atoms with van der Waals surface area (Å²) in [5.41, 5.74) is 0. The van der Waals surface area contributed by atoms with Gasteiger partial charge in [-0.3, -0.25) is 0 Å². The number of nitrogens with zero attached hydrogens (tertiary/aromatic N) is 5. The molecule has 0 spiro atoms. The average molecular weight is 318 g/mol. The van der Waals surface area contributed by atoms with Crippen molar-refractivity contribution >= 4 is 12.0 Å². The number of amides is 2. The molecule has 2 aliphatic rings. The maximum Gasteiger partial charge on any atom is 0.317 e. The van der Waals surface area contributed by atoms with Crippen LogP contribution in [-0.2, 0) is 0 Å². The summed E-state index contributed by atoms with van der Waals surface area (Å²) in [7, 11) is 0. The van der Waals surface area contributed by atoms with Gasteiger partial charge in [0.1, 0.15) is 0 Å². The molecule has 1 N–H and O–H groups in total. The van der Waals surface area contributed by atoms with Crippen LogP contribution in [0.2, 0.25) is 0 Å². The Morgan fingerprint density at radius 2 is 1.96 bits per heavy atom. The smallest absolute Gasteiger partial charge is 0.317 e. The number of piperazine rings is 1. The summed E-state index contributed by atoms with van der Waals surface area (Å²) >= 11 is 0. The van der Waals surface area contributed by atoms with Crippen LogP contribution in [0.5, 0.6) is 0 Å². The summed E-state index contributed by atoms with van der Waals surface area (Å²) in [5, 5.41) is 3.19. The van der Waals surface area contributed by atoms with Gasteiger partial charge in [0.15, 0.2) is 0 Å². The highest BCUT2D eigenvalue weighted by Crippen LogP contribution is 2.15. The lowest BCUT2D eigenvalue weighted by Gasteiger charge is -2.37. The Balaban J connectivity index is 1.51. The molecule has 3 rings (SSSR count). The number of carbonyl (C=O) groups excluding carboxylic acids is 1. The lowest BCUT2D eigenvalue weighted by atomic mass is 10.1. The molecule has 0 aromatic carbocycles. The molecular weight excluding hydrogens is 292 g/mol. The first-order valence-electron chi connectivity index (χ1n) is 8.56. The number of likely N-dealkylation sites (N-methyl/N-ethyl adjacent to an activating group) is 1. The second-order valence-corrected chi connectivity index (χ2v) is 6.20. The minimum atomic E-state index is 0.0709. The van der Waals surface area contributed by atoms with E-state index in [-0.39, 0.29) is 12.1 Å². The third-order valence-corrected chi connectivity index (χ3v) is 4.69. The minimum absolute atomic E-state index is 0.0709. The molecule has 126 valence electrons. The molecule has 0 aliphatic carbocycles. The first-order chi connectivity index (χ1) is 11.3. The molecule has 2 saturated heterocycles. The van der Waals surface area contributed by atoms with E-state index >= 15 is 0 Å². The van der Waals surface area contributed by atoms with Crippen molar-refractivity contribution in [3.8, 4) is 0 Å². The van der Waals surface area contributed by atoms with Gasteiger partial charge in [-0.25, -0.2) is 14.8 Å². The molecule has 2 amide bonds. The highest BCUT2D eigenvalue weighted by molar-refractivity contribution is 5.74. The zero-order valence-electron chi connectivity index (χ0n) is 13.8. The van der Waals surface area contributed by atoms with Gasteiger partial charge >= 0.3 is 6.03 Å². The van der Waals surface area contributed by atoms with E-state index in [1.54, 1.807) is 12.4 Å². The average Bonchev–Trinajstić information content (AvgIpc) is 2.63. The number of nitrogens with one attached hydrogen (secondary N) is 1. The summed E-state index contributed by atoms with van der Waals surface area (Å²) < 4.78 is 0. The molecular formula is C16H26N6O. The van der Waals surface area contributed by atoms with Gasteiger partial charge in [-0.05, 0) is 25.5 Å². The van der Waals surface area contributed by atoms with Gasteiger partial charge in [0.2, 0.25) is 5.95 Å². The molecule has 0 bridgehead atoms. The molecule has 1 atom stereocenters. The van der Waals surface area contributed by atoms with Crippen LogP contribution in [-0.4, -0.2) is 77.7 Å². The van der Waals surface area contributed by atoms with Crippen molar-refractivity contribution in [2.24, 2.45) is 0 Å². The maximum absolute atomic E-state index is 12.5. The van der Waals surface area contributed by atoms with E-state index in [0.29, 0.717) is 0 Å². The third-order valence-electron chi connectivity index (χ3n) is 4.69. The molecule has 1 aromatic heterocycles. The summed E-state index contributed by atoms with van der Waals surface area (Å²) in [6, 6.07) is 2.06. The Kier molecular flexibility index (Phi) is 5.27. The molecule has 7 nitrogen and oxygen atoms in total. The van der Waals surface area contributed by atoms with Gasteiger partial charge in [0, 0.05) is 57.7 Å². The molecule has 0 saturated carbocycles. The molecule has 0 unspecified atom stereocenters. The second kappa shape index (κ2) is 7.59. The van der Waals surface area contributed by atoms with Crippen LogP contribution >= 0.6 is 0 Å². The quantitative estimate of drug-likeness (QED) is 0.893. The van der Waals surface area contributed by atoms with Gasteiger partial charge in [0.05, 0.1) is 0 Å². The van der Waals surface area contributed by atoms with Gasteiger partial charge in [-0.15, -0.1) is 0 Å². The van der Waals surface area contributed by atoms with Crippen LogP contribution in [0.4, 0.5) is 10.7 Å². The lowest BCUT2D eigenvalue weighted by molar-refractivity contribution is 0.140. The molecule has 0 radical (unpaired) electrons. The van der Waals surface area contributed by atoms with Gasteiger partial charge < -0.3 is 20.0 Å². The van der Waals surface area contributed by atoms with Crippen LogP contribution in [0, 0.1) is 0 Å². The first kappa shape index (κ1) is 16.0. The van der Waals surface area contributed by atoms with E-state index < -0.39 is 0 Å². The van der Waals surface area contributed by atoms with Crippen molar-refractivity contribution in [1.29, 1.82) is 0 Å². The standard InChI is InChI=1S/C16H26N6O/c1-2-20-9-11-21(12-10-20)16(23)19-14-5-3-8-22(13-14)15-17-6-4-7-18-15/h4,6-7,14H,2-3,5,8-13H2,1H3,(H,19,23)/t14-/m1/s1.